The highest BCUT2D eigenvalue weighted by atomic mass is 16.6. The number of ether oxygens (including phenoxy) is 3. The van der Waals surface area contributed by atoms with E-state index in [1.54, 1.807) is 12.1 Å². The molecular weight excluding hydrogens is 324 g/mol. The first-order valence-electron chi connectivity index (χ1n) is 7.50. The highest BCUT2D eigenvalue weighted by Crippen LogP contribution is 2.32. The van der Waals surface area contributed by atoms with Crippen molar-refractivity contribution in [3.05, 3.63) is 59.7 Å². The summed E-state index contributed by atoms with van der Waals surface area (Å²) >= 11 is 0. The van der Waals surface area contributed by atoms with Crippen molar-refractivity contribution >= 4 is 28.7 Å². The van der Waals surface area contributed by atoms with E-state index in [4.69, 9.17) is 9.47 Å². The van der Waals surface area contributed by atoms with Gasteiger partial charge in [0.25, 0.3) is 0 Å². The van der Waals surface area contributed by atoms with E-state index in [0.29, 0.717) is 5.56 Å². The Balaban J connectivity index is 2.68. The van der Waals surface area contributed by atoms with Crippen LogP contribution in [-0.4, -0.2) is 32.1 Å². The van der Waals surface area contributed by atoms with Crippen molar-refractivity contribution in [3.8, 4) is 0 Å². The SMILES string of the molecule is COC(=O)/C=C(\C(=O)OC)C(OC(C)=O)c1cccc2ccccc12. The third kappa shape index (κ3) is 4.23. The fourth-order valence-corrected chi connectivity index (χ4v) is 2.48. The van der Waals surface area contributed by atoms with E-state index in [-0.39, 0.29) is 5.57 Å². The molecule has 0 saturated carbocycles. The third-order valence-electron chi connectivity index (χ3n) is 3.57. The zero-order valence-electron chi connectivity index (χ0n) is 14.1. The lowest BCUT2D eigenvalue weighted by Gasteiger charge is -2.21. The van der Waals surface area contributed by atoms with Gasteiger partial charge in [0.05, 0.1) is 19.8 Å². The summed E-state index contributed by atoms with van der Waals surface area (Å²) in [5, 5.41) is 1.69. The maximum Gasteiger partial charge on any atom is 0.338 e. The number of methoxy groups -OCH3 is 2. The zero-order chi connectivity index (χ0) is 18.4. The molecule has 6 heteroatoms. The highest BCUT2D eigenvalue weighted by molar-refractivity contribution is 5.99. The van der Waals surface area contributed by atoms with Crippen molar-refractivity contribution < 1.29 is 28.6 Å². The molecule has 0 aromatic heterocycles. The number of carbonyl (C=O) groups is 3. The van der Waals surface area contributed by atoms with Crippen LogP contribution >= 0.6 is 0 Å². The van der Waals surface area contributed by atoms with E-state index in [0.717, 1.165) is 16.8 Å². The number of fused-ring (bicyclic) bond motifs is 1. The Morgan fingerprint density at radius 3 is 2.28 bits per heavy atom. The average molecular weight is 342 g/mol. The third-order valence-corrected chi connectivity index (χ3v) is 3.57. The molecule has 1 atom stereocenters. The predicted octanol–water partition coefficient (Wildman–Crippen LogP) is 2.72. The predicted molar refractivity (Wildman–Crippen MR) is 90.6 cm³/mol. The van der Waals surface area contributed by atoms with Gasteiger partial charge in [0, 0.05) is 18.6 Å². The fourth-order valence-electron chi connectivity index (χ4n) is 2.48. The van der Waals surface area contributed by atoms with Crippen LogP contribution in [0.1, 0.15) is 18.6 Å². The number of hydrogen-bond acceptors (Lipinski definition) is 6. The van der Waals surface area contributed by atoms with E-state index in [9.17, 15) is 14.4 Å². The van der Waals surface area contributed by atoms with Crippen molar-refractivity contribution in [2.45, 2.75) is 13.0 Å². The molecule has 0 N–H and O–H groups in total. The number of esters is 3. The summed E-state index contributed by atoms with van der Waals surface area (Å²) in [6, 6.07) is 12.8. The lowest BCUT2D eigenvalue weighted by atomic mass is 9.95. The lowest BCUT2D eigenvalue weighted by Crippen LogP contribution is -2.20. The van der Waals surface area contributed by atoms with Gasteiger partial charge in [-0.05, 0) is 10.8 Å². The molecule has 2 aromatic rings. The molecule has 130 valence electrons. The lowest BCUT2D eigenvalue weighted by molar-refractivity contribution is -0.148. The summed E-state index contributed by atoms with van der Waals surface area (Å²) in [4.78, 5) is 35.5. The summed E-state index contributed by atoms with van der Waals surface area (Å²) in [5.74, 6) is -2.14. The molecule has 0 heterocycles. The number of carbonyl (C=O) groups excluding carboxylic acids is 3. The Labute approximate surface area is 145 Å². The fraction of sp³-hybridized carbons (Fsp3) is 0.211. The first-order valence-corrected chi connectivity index (χ1v) is 7.50. The van der Waals surface area contributed by atoms with Gasteiger partial charge in [0.15, 0.2) is 6.10 Å². The van der Waals surface area contributed by atoms with Crippen LogP contribution in [0.4, 0.5) is 0 Å². The van der Waals surface area contributed by atoms with Gasteiger partial charge in [0.2, 0.25) is 0 Å². The van der Waals surface area contributed by atoms with E-state index >= 15 is 0 Å². The normalized spacial score (nSPS) is 12.4. The molecule has 0 fully saturated rings. The Morgan fingerprint density at radius 1 is 0.960 bits per heavy atom. The van der Waals surface area contributed by atoms with Crippen molar-refractivity contribution in [1.29, 1.82) is 0 Å². The van der Waals surface area contributed by atoms with Crippen LogP contribution in [0.3, 0.4) is 0 Å². The first-order chi connectivity index (χ1) is 12.0. The van der Waals surface area contributed by atoms with Crippen molar-refractivity contribution in [3.63, 3.8) is 0 Å². The molecule has 0 bridgehead atoms. The van der Waals surface area contributed by atoms with Crippen LogP contribution < -0.4 is 0 Å². The largest absolute Gasteiger partial charge is 0.466 e. The zero-order valence-corrected chi connectivity index (χ0v) is 14.1. The summed E-state index contributed by atoms with van der Waals surface area (Å²) in [6.07, 6.45) is -0.128. The van der Waals surface area contributed by atoms with Gasteiger partial charge in [-0.25, -0.2) is 9.59 Å². The second kappa shape index (κ2) is 8.10. The smallest absolute Gasteiger partial charge is 0.338 e. The Kier molecular flexibility index (Phi) is 5.89. The minimum absolute atomic E-state index is 0.124. The molecule has 0 aliphatic carbocycles. The summed E-state index contributed by atoms with van der Waals surface area (Å²) in [6.45, 7) is 1.23. The Bertz CT molecular complexity index is 831. The minimum Gasteiger partial charge on any atom is -0.466 e. The van der Waals surface area contributed by atoms with Gasteiger partial charge < -0.3 is 14.2 Å². The molecule has 0 saturated heterocycles. The van der Waals surface area contributed by atoms with Crippen LogP contribution in [0, 0.1) is 0 Å². The van der Waals surface area contributed by atoms with Gasteiger partial charge in [0.1, 0.15) is 0 Å². The van der Waals surface area contributed by atoms with Crippen molar-refractivity contribution in [1.82, 2.24) is 0 Å². The molecular formula is C19H18O6. The van der Waals surface area contributed by atoms with Gasteiger partial charge in [-0.15, -0.1) is 0 Å². The molecule has 0 spiro atoms. The molecule has 6 nitrogen and oxygen atoms in total. The standard InChI is InChI=1S/C19H18O6/c1-12(20)25-18(16(19(22)24-3)11-17(21)23-2)15-10-6-8-13-7-4-5-9-14(13)15/h4-11,18H,1-3H3/b16-11-. The second-order valence-electron chi connectivity index (χ2n) is 5.17. The summed E-state index contributed by atoms with van der Waals surface area (Å²) < 4.78 is 14.7. The molecule has 25 heavy (non-hydrogen) atoms. The molecule has 0 aliphatic heterocycles. The number of rotatable bonds is 5. The maximum absolute atomic E-state index is 12.2. The highest BCUT2D eigenvalue weighted by Gasteiger charge is 2.29. The van der Waals surface area contributed by atoms with Crippen molar-refractivity contribution in [2.75, 3.05) is 14.2 Å². The quantitative estimate of drug-likeness (QED) is 0.472. The second-order valence-corrected chi connectivity index (χ2v) is 5.17. The van der Waals surface area contributed by atoms with Gasteiger partial charge in [-0.2, -0.15) is 0 Å². The van der Waals surface area contributed by atoms with Crippen LogP contribution in [-0.2, 0) is 28.6 Å². The van der Waals surface area contributed by atoms with Crippen LogP contribution in [0.15, 0.2) is 54.1 Å². The Morgan fingerprint density at radius 2 is 1.64 bits per heavy atom. The van der Waals surface area contributed by atoms with Crippen LogP contribution in [0.25, 0.3) is 10.8 Å². The summed E-state index contributed by atoms with van der Waals surface area (Å²) in [5.41, 5.74) is 0.440. The van der Waals surface area contributed by atoms with E-state index in [2.05, 4.69) is 4.74 Å². The molecule has 1 unspecified atom stereocenters. The van der Waals surface area contributed by atoms with E-state index in [1.165, 1.54) is 21.1 Å². The van der Waals surface area contributed by atoms with Crippen molar-refractivity contribution in [2.24, 2.45) is 0 Å². The maximum atomic E-state index is 12.2. The minimum atomic E-state index is -1.10. The van der Waals surface area contributed by atoms with Gasteiger partial charge in [-0.3, -0.25) is 4.79 Å². The monoisotopic (exact) mass is 342 g/mol. The van der Waals surface area contributed by atoms with Gasteiger partial charge >= 0.3 is 17.9 Å². The molecule has 0 aliphatic rings. The van der Waals surface area contributed by atoms with Crippen LogP contribution in [0.2, 0.25) is 0 Å². The van der Waals surface area contributed by atoms with E-state index < -0.39 is 24.0 Å². The van der Waals surface area contributed by atoms with Crippen LogP contribution in [0.5, 0.6) is 0 Å². The average Bonchev–Trinajstić information content (AvgIpc) is 2.63. The molecule has 2 aromatic carbocycles. The first kappa shape index (κ1) is 18.2. The van der Waals surface area contributed by atoms with E-state index in [1.807, 2.05) is 30.3 Å². The number of hydrogen-bond donors (Lipinski definition) is 0. The Hall–Kier alpha value is -3.15. The molecule has 0 amide bonds. The number of benzene rings is 2. The molecule has 0 radical (unpaired) electrons. The molecule has 2 rings (SSSR count). The summed E-state index contributed by atoms with van der Waals surface area (Å²) in [7, 11) is 2.37. The van der Waals surface area contributed by atoms with Gasteiger partial charge in [-0.1, -0.05) is 42.5 Å². The topological polar surface area (TPSA) is 78.9 Å².